The molecule has 1 rings (SSSR count). The Hall–Kier alpha value is -0.575. The average molecular weight is 154 g/mol. The lowest BCUT2D eigenvalue weighted by Gasteiger charge is -2.11. The molecule has 0 bridgehead atoms. The zero-order valence-electron chi connectivity index (χ0n) is 6.20. The highest BCUT2D eigenvalue weighted by molar-refractivity contribution is 6.50. The van der Waals surface area contributed by atoms with Gasteiger partial charge < -0.3 is 15.2 Å². The van der Waals surface area contributed by atoms with Gasteiger partial charge in [0.1, 0.15) is 0 Å². The minimum Gasteiger partial charge on any atom is -0.423 e. The third kappa shape index (κ3) is 2.18. The maximum atomic E-state index is 8.73. The predicted octanol–water partition coefficient (Wildman–Crippen LogP) is -0.363. The van der Waals surface area contributed by atoms with Crippen molar-refractivity contribution in [2.45, 2.75) is 12.8 Å². The smallest absolute Gasteiger partial charge is 0.423 e. The van der Waals surface area contributed by atoms with E-state index < -0.39 is 7.12 Å². The number of hydrogen-bond acceptors (Lipinski definition) is 3. The number of rotatable bonds is 2. The van der Waals surface area contributed by atoms with Crippen LogP contribution in [0.15, 0.2) is 23.2 Å². The molecule has 0 spiro atoms. The van der Waals surface area contributed by atoms with Crippen molar-refractivity contribution in [3.63, 3.8) is 0 Å². The van der Waals surface area contributed by atoms with Crippen LogP contribution in [-0.2, 0) is 0 Å². The topological polar surface area (TPSA) is 60.7 Å². The molecule has 0 saturated carbocycles. The van der Waals surface area contributed by atoms with Crippen LogP contribution in [0.2, 0.25) is 0 Å². The van der Waals surface area contributed by atoms with E-state index in [1.165, 1.54) is 0 Å². The van der Waals surface area contributed by atoms with Gasteiger partial charge >= 0.3 is 7.12 Å². The summed E-state index contributed by atoms with van der Waals surface area (Å²) in [7, 11) is -1.34. The minimum absolute atomic E-state index is 0.0608. The van der Waals surface area contributed by atoms with Crippen LogP contribution >= 0.6 is 0 Å². The highest BCUT2D eigenvalue weighted by Crippen LogP contribution is 2.17. The van der Waals surface area contributed by atoms with Gasteiger partial charge in [-0.2, -0.15) is 0 Å². The molecule has 0 aliphatic heterocycles. The van der Waals surface area contributed by atoms with Crippen LogP contribution < -0.4 is 0 Å². The van der Waals surface area contributed by atoms with Crippen LogP contribution in [0.5, 0.6) is 0 Å². The summed E-state index contributed by atoms with van der Waals surface area (Å²) >= 11 is 0. The van der Waals surface area contributed by atoms with Gasteiger partial charge in [0.2, 0.25) is 0 Å². The van der Waals surface area contributed by atoms with Crippen LogP contribution in [0.4, 0.5) is 0 Å². The Kier molecular flexibility index (Phi) is 2.88. The third-order valence-corrected chi connectivity index (χ3v) is 1.80. The fourth-order valence-electron chi connectivity index (χ4n) is 1.04. The van der Waals surface area contributed by atoms with Crippen LogP contribution in [0.25, 0.3) is 0 Å². The van der Waals surface area contributed by atoms with E-state index in [9.17, 15) is 0 Å². The van der Waals surface area contributed by atoms with E-state index in [2.05, 4.69) is 0 Å². The van der Waals surface area contributed by atoms with Crippen molar-refractivity contribution in [2.24, 2.45) is 0 Å². The maximum absolute atomic E-state index is 8.73. The Bertz CT molecular complexity index is 196. The summed E-state index contributed by atoms with van der Waals surface area (Å²) in [5.74, 6) is 0. The lowest BCUT2D eigenvalue weighted by atomic mass is 9.74. The van der Waals surface area contributed by atoms with Crippen molar-refractivity contribution in [2.75, 3.05) is 6.61 Å². The maximum Gasteiger partial charge on any atom is 0.484 e. The van der Waals surface area contributed by atoms with Gasteiger partial charge in [-0.3, -0.25) is 0 Å². The molecule has 3 nitrogen and oxygen atoms in total. The predicted molar refractivity (Wildman–Crippen MR) is 42.7 cm³/mol. The van der Waals surface area contributed by atoms with Gasteiger partial charge in [-0.05, 0) is 23.9 Å². The molecule has 0 heterocycles. The van der Waals surface area contributed by atoms with E-state index in [4.69, 9.17) is 15.2 Å². The van der Waals surface area contributed by atoms with E-state index >= 15 is 0 Å². The normalized spacial score (nSPS) is 17.4. The lowest BCUT2D eigenvalue weighted by molar-refractivity contribution is 0.326. The average Bonchev–Trinajstić information content (AvgIpc) is 2.05. The Labute approximate surface area is 65.8 Å². The van der Waals surface area contributed by atoms with Crippen LogP contribution in [0, 0.1) is 0 Å². The first kappa shape index (κ1) is 8.52. The number of hydrogen-bond donors (Lipinski definition) is 3. The Morgan fingerprint density at radius 3 is 2.36 bits per heavy atom. The molecule has 1 aliphatic carbocycles. The molecule has 0 saturated heterocycles. The molecular weight excluding hydrogens is 143 g/mol. The highest BCUT2D eigenvalue weighted by Gasteiger charge is 2.16. The van der Waals surface area contributed by atoms with Gasteiger partial charge in [0.05, 0.1) is 6.61 Å². The van der Waals surface area contributed by atoms with Crippen LogP contribution in [0.1, 0.15) is 12.8 Å². The highest BCUT2D eigenvalue weighted by atomic mass is 16.4. The Balaban J connectivity index is 2.61. The first-order valence-corrected chi connectivity index (χ1v) is 3.59. The summed E-state index contributed by atoms with van der Waals surface area (Å²) in [4.78, 5) is 0. The first-order chi connectivity index (χ1) is 5.24. The van der Waals surface area contributed by atoms with E-state index in [1.54, 1.807) is 12.2 Å². The SMILES string of the molecule is OCC1=CC=C(B(O)O)CC1. The van der Waals surface area contributed by atoms with Crippen molar-refractivity contribution in [1.29, 1.82) is 0 Å². The van der Waals surface area contributed by atoms with Gasteiger partial charge in [-0.15, -0.1) is 0 Å². The zero-order chi connectivity index (χ0) is 8.27. The minimum atomic E-state index is -1.34. The van der Waals surface area contributed by atoms with E-state index in [0.29, 0.717) is 11.9 Å². The van der Waals surface area contributed by atoms with Crippen molar-refractivity contribution in [3.05, 3.63) is 23.2 Å². The molecule has 0 unspecified atom stereocenters. The fourth-order valence-corrected chi connectivity index (χ4v) is 1.04. The van der Waals surface area contributed by atoms with Gasteiger partial charge in [-0.1, -0.05) is 12.2 Å². The summed E-state index contributed by atoms with van der Waals surface area (Å²) in [5.41, 5.74) is 1.55. The summed E-state index contributed by atoms with van der Waals surface area (Å²) < 4.78 is 0. The van der Waals surface area contributed by atoms with Gasteiger partial charge in [0.25, 0.3) is 0 Å². The van der Waals surface area contributed by atoms with Crippen molar-refractivity contribution in [3.8, 4) is 0 Å². The number of aliphatic hydroxyl groups excluding tert-OH is 1. The summed E-state index contributed by atoms with van der Waals surface area (Å²) in [6.07, 6.45) is 4.74. The monoisotopic (exact) mass is 154 g/mol. The molecule has 4 heteroatoms. The molecule has 0 atom stereocenters. The molecule has 0 radical (unpaired) electrons. The first-order valence-electron chi connectivity index (χ1n) is 3.59. The summed E-state index contributed by atoms with van der Waals surface area (Å²) in [6.45, 7) is 0.0608. The molecule has 60 valence electrons. The quantitative estimate of drug-likeness (QED) is 0.476. The molecule has 0 fully saturated rings. The molecule has 0 aromatic rings. The van der Waals surface area contributed by atoms with Crippen molar-refractivity contribution in [1.82, 2.24) is 0 Å². The van der Waals surface area contributed by atoms with Gasteiger partial charge in [0, 0.05) is 0 Å². The molecule has 1 aliphatic rings. The molecular formula is C7H11BO3. The lowest BCUT2D eigenvalue weighted by Crippen LogP contribution is -2.17. The van der Waals surface area contributed by atoms with Crippen molar-refractivity contribution < 1.29 is 15.2 Å². The Morgan fingerprint density at radius 1 is 1.27 bits per heavy atom. The molecule has 11 heavy (non-hydrogen) atoms. The van der Waals surface area contributed by atoms with E-state index in [1.807, 2.05) is 0 Å². The van der Waals surface area contributed by atoms with Gasteiger partial charge in [-0.25, -0.2) is 0 Å². The largest absolute Gasteiger partial charge is 0.484 e. The molecule has 3 N–H and O–H groups in total. The Morgan fingerprint density at radius 2 is 2.00 bits per heavy atom. The standard InChI is InChI=1S/C7H11BO3/c9-5-6-1-3-7(4-2-6)8(10)11/h1,3,9-11H,2,4-5H2. The van der Waals surface area contributed by atoms with Crippen LogP contribution in [-0.4, -0.2) is 28.9 Å². The van der Waals surface area contributed by atoms with E-state index in [0.717, 1.165) is 12.0 Å². The second-order valence-electron chi connectivity index (χ2n) is 2.60. The second-order valence-corrected chi connectivity index (χ2v) is 2.60. The third-order valence-electron chi connectivity index (χ3n) is 1.80. The molecule has 0 amide bonds. The van der Waals surface area contributed by atoms with Crippen molar-refractivity contribution >= 4 is 7.12 Å². The fraction of sp³-hybridized carbons (Fsp3) is 0.429. The van der Waals surface area contributed by atoms with Crippen LogP contribution in [0.3, 0.4) is 0 Å². The van der Waals surface area contributed by atoms with Gasteiger partial charge in [0.15, 0.2) is 0 Å². The summed E-state index contributed by atoms with van der Waals surface area (Å²) in [5, 5.41) is 26.2. The molecule has 0 aromatic heterocycles. The number of allylic oxidation sites excluding steroid dienone is 3. The number of aliphatic hydroxyl groups is 1. The summed E-state index contributed by atoms with van der Waals surface area (Å²) in [6, 6.07) is 0. The van der Waals surface area contributed by atoms with E-state index in [-0.39, 0.29) is 6.61 Å². The zero-order valence-corrected chi connectivity index (χ0v) is 6.20. The molecule has 0 aromatic carbocycles. The second kappa shape index (κ2) is 3.71.